The third-order valence-electron chi connectivity index (χ3n) is 4.81. The summed E-state index contributed by atoms with van der Waals surface area (Å²) in [6, 6.07) is 12.3. The number of benzene rings is 2. The molecule has 5 nitrogen and oxygen atoms in total. The van der Waals surface area contributed by atoms with Gasteiger partial charge < -0.3 is 15.0 Å². The minimum absolute atomic E-state index is 0.213. The third kappa shape index (κ3) is 2.78. The number of anilines is 1. The second-order valence-electron chi connectivity index (χ2n) is 7.27. The van der Waals surface area contributed by atoms with Crippen LogP contribution in [0, 0.1) is 0 Å². The van der Waals surface area contributed by atoms with Gasteiger partial charge in [-0.1, -0.05) is 17.7 Å². The number of hydrogen-bond acceptors (Lipinski definition) is 4. The molecule has 1 N–H and O–H groups in total. The molecular formula is C20H19ClN2O3S. The van der Waals surface area contributed by atoms with Crippen LogP contribution in [0.4, 0.5) is 5.69 Å². The monoisotopic (exact) mass is 402 g/mol. The Labute approximate surface area is 167 Å². The zero-order chi connectivity index (χ0) is 19.4. The first-order valence-corrected chi connectivity index (χ1v) is 9.74. The number of carbonyl (C=O) groups excluding carboxylic acids is 2. The van der Waals surface area contributed by atoms with E-state index in [-0.39, 0.29) is 16.6 Å². The van der Waals surface area contributed by atoms with Gasteiger partial charge in [0.05, 0.1) is 7.11 Å². The average molecular weight is 403 g/mol. The quantitative estimate of drug-likeness (QED) is 0.820. The Morgan fingerprint density at radius 3 is 2.78 bits per heavy atom. The highest BCUT2D eigenvalue weighted by Crippen LogP contribution is 2.58. The summed E-state index contributed by atoms with van der Waals surface area (Å²) in [6.45, 7) is 4.51. The van der Waals surface area contributed by atoms with E-state index in [1.54, 1.807) is 54.5 Å². The van der Waals surface area contributed by atoms with Gasteiger partial charge >= 0.3 is 0 Å². The van der Waals surface area contributed by atoms with Crippen molar-refractivity contribution in [3.63, 3.8) is 0 Å². The fourth-order valence-electron chi connectivity index (χ4n) is 3.71. The van der Waals surface area contributed by atoms with Crippen molar-refractivity contribution in [2.24, 2.45) is 0 Å². The predicted molar refractivity (Wildman–Crippen MR) is 107 cm³/mol. The summed E-state index contributed by atoms with van der Waals surface area (Å²) in [5, 5.41) is 3.45. The van der Waals surface area contributed by atoms with E-state index < -0.39 is 4.87 Å². The Kier molecular flexibility index (Phi) is 4.16. The van der Waals surface area contributed by atoms with Crippen molar-refractivity contribution in [1.82, 2.24) is 4.90 Å². The second kappa shape index (κ2) is 6.17. The van der Waals surface area contributed by atoms with Crippen LogP contribution in [-0.4, -0.2) is 35.1 Å². The maximum Gasteiger partial charge on any atom is 0.265 e. The number of nitrogens with one attached hydrogen (secondary N) is 1. The molecule has 0 saturated carbocycles. The summed E-state index contributed by atoms with van der Waals surface area (Å²) in [7, 11) is 1.56. The van der Waals surface area contributed by atoms with Gasteiger partial charge in [0.2, 0.25) is 0 Å². The van der Waals surface area contributed by atoms with Crippen LogP contribution in [0.5, 0.6) is 5.75 Å². The lowest BCUT2D eigenvalue weighted by atomic mass is 10.0. The molecule has 27 heavy (non-hydrogen) atoms. The number of nitrogens with zero attached hydrogens (tertiary/aromatic N) is 1. The molecule has 0 radical (unpaired) electrons. The molecule has 0 aromatic heterocycles. The van der Waals surface area contributed by atoms with Crippen molar-refractivity contribution in [2.45, 2.75) is 23.5 Å². The summed E-state index contributed by atoms with van der Waals surface area (Å²) in [4.78, 5) is 27.1. The average Bonchev–Trinajstić information content (AvgIpc) is 3.08. The van der Waals surface area contributed by atoms with Gasteiger partial charge in [-0.3, -0.25) is 9.59 Å². The molecule has 1 spiro atoms. The maximum absolute atomic E-state index is 13.4. The number of carbonyl (C=O) groups is 2. The van der Waals surface area contributed by atoms with Crippen LogP contribution in [0.3, 0.4) is 0 Å². The van der Waals surface area contributed by atoms with Crippen LogP contribution in [0.2, 0.25) is 5.02 Å². The van der Waals surface area contributed by atoms with Crippen molar-refractivity contribution in [3.8, 4) is 5.75 Å². The van der Waals surface area contributed by atoms with Gasteiger partial charge in [0.1, 0.15) is 5.75 Å². The zero-order valence-corrected chi connectivity index (χ0v) is 16.8. The van der Waals surface area contributed by atoms with Crippen LogP contribution in [-0.2, 0) is 9.67 Å². The molecule has 2 amide bonds. The second-order valence-corrected chi connectivity index (χ2v) is 9.61. The largest absolute Gasteiger partial charge is 0.497 e. The van der Waals surface area contributed by atoms with Crippen molar-refractivity contribution in [1.29, 1.82) is 0 Å². The summed E-state index contributed by atoms with van der Waals surface area (Å²) in [6.07, 6.45) is 0. The lowest BCUT2D eigenvalue weighted by molar-refractivity contribution is -0.121. The highest BCUT2D eigenvalue weighted by Gasteiger charge is 2.61. The molecule has 1 atom stereocenters. The minimum Gasteiger partial charge on any atom is -0.497 e. The Morgan fingerprint density at radius 2 is 2.04 bits per heavy atom. The lowest BCUT2D eigenvalue weighted by Gasteiger charge is -2.32. The number of fused-ring (bicyclic) bond motifs is 2. The number of thioether (sulfide) groups is 1. The van der Waals surface area contributed by atoms with Crippen LogP contribution in [0.1, 0.15) is 29.8 Å². The van der Waals surface area contributed by atoms with Crippen LogP contribution in [0.25, 0.3) is 0 Å². The minimum atomic E-state index is -1.14. The van der Waals surface area contributed by atoms with Gasteiger partial charge in [-0.15, -0.1) is 11.8 Å². The van der Waals surface area contributed by atoms with Crippen LogP contribution in [0.15, 0.2) is 42.5 Å². The number of halogens is 1. The molecule has 2 heterocycles. The molecular weight excluding hydrogens is 384 g/mol. The fraction of sp³-hybridized carbons (Fsp3) is 0.300. The standard InChI is InChI=1S/C20H19ClN2O3S/c1-19(2)11-23(17(24)12-5-4-6-14(9-12)26-3)20(27-19)15-10-13(21)7-8-16(15)22-18(20)25/h4-10H,11H2,1-3H3,(H,22,25). The van der Waals surface area contributed by atoms with Crippen LogP contribution < -0.4 is 10.1 Å². The van der Waals surface area contributed by atoms with Crippen molar-refractivity contribution in [3.05, 3.63) is 58.6 Å². The maximum atomic E-state index is 13.4. The molecule has 4 rings (SSSR count). The normalized spacial score (nSPS) is 22.7. The molecule has 1 unspecified atom stereocenters. The number of rotatable bonds is 2. The van der Waals surface area contributed by atoms with Gasteiger partial charge in [-0.05, 0) is 50.2 Å². The SMILES string of the molecule is COc1cccc(C(=O)N2CC(C)(C)SC23C(=O)Nc2ccc(Cl)cc23)c1. The summed E-state index contributed by atoms with van der Waals surface area (Å²) in [5.74, 6) is 0.168. The number of ether oxygens (including phenoxy) is 1. The fourth-order valence-corrected chi connectivity index (χ4v) is 5.56. The molecule has 2 aromatic rings. The van der Waals surface area contributed by atoms with Gasteiger partial charge in [0, 0.05) is 33.1 Å². The van der Waals surface area contributed by atoms with E-state index in [2.05, 4.69) is 5.32 Å². The van der Waals surface area contributed by atoms with E-state index in [1.165, 1.54) is 11.8 Å². The van der Waals surface area contributed by atoms with Crippen molar-refractivity contribution < 1.29 is 14.3 Å². The predicted octanol–water partition coefficient (Wildman–Crippen LogP) is 4.12. The topological polar surface area (TPSA) is 58.6 Å². The van der Waals surface area contributed by atoms with E-state index >= 15 is 0 Å². The molecule has 1 fully saturated rings. The van der Waals surface area contributed by atoms with Gasteiger partial charge in [0.25, 0.3) is 11.8 Å². The van der Waals surface area contributed by atoms with E-state index in [9.17, 15) is 9.59 Å². The van der Waals surface area contributed by atoms with Gasteiger partial charge in [-0.2, -0.15) is 0 Å². The molecule has 2 aliphatic heterocycles. The molecule has 140 valence electrons. The zero-order valence-electron chi connectivity index (χ0n) is 15.2. The molecule has 7 heteroatoms. The summed E-state index contributed by atoms with van der Waals surface area (Å²) in [5.41, 5.74) is 1.90. The van der Waals surface area contributed by atoms with Crippen LogP contribution >= 0.6 is 23.4 Å². The summed E-state index contributed by atoms with van der Waals surface area (Å²) < 4.78 is 4.95. The third-order valence-corrected chi connectivity index (χ3v) is 6.65. The number of amides is 2. The first-order chi connectivity index (χ1) is 12.8. The van der Waals surface area contributed by atoms with Gasteiger partial charge in [-0.25, -0.2) is 0 Å². The molecule has 1 saturated heterocycles. The Bertz CT molecular complexity index is 962. The first-order valence-electron chi connectivity index (χ1n) is 8.54. The number of methoxy groups -OCH3 is 1. The Hall–Kier alpha value is -2.18. The van der Waals surface area contributed by atoms with Gasteiger partial charge in [0.15, 0.2) is 4.87 Å². The van der Waals surface area contributed by atoms with E-state index in [0.29, 0.717) is 28.6 Å². The van der Waals surface area contributed by atoms with E-state index in [0.717, 1.165) is 5.56 Å². The molecule has 2 aromatic carbocycles. The number of hydrogen-bond donors (Lipinski definition) is 1. The molecule has 0 bridgehead atoms. The Balaban J connectivity index is 1.86. The molecule has 2 aliphatic rings. The summed E-state index contributed by atoms with van der Waals surface area (Å²) >= 11 is 7.70. The lowest BCUT2D eigenvalue weighted by Crippen LogP contribution is -2.48. The van der Waals surface area contributed by atoms with Crippen molar-refractivity contribution >= 4 is 40.9 Å². The highest BCUT2D eigenvalue weighted by atomic mass is 35.5. The van der Waals surface area contributed by atoms with E-state index in [4.69, 9.17) is 16.3 Å². The first kappa shape index (κ1) is 18.2. The smallest absolute Gasteiger partial charge is 0.265 e. The van der Waals surface area contributed by atoms with Crippen molar-refractivity contribution in [2.75, 3.05) is 19.0 Å². The molecule has 0 aliphatic carbocycles. The Morgan fingerprint density at radius 1 is 1.26 bits per heavy atom. The van der Waals surface area contributed by atoms with E-state index in [1.807, 2.05) is 13.8 Å². The highest BCUT2D eigenvalue weighted by molar-refractivity contribution is 8.02.